The number of rotatable bonds is 8. The SMILES string of the molecule is O=C(Nc1ccc(-c2cnc(-c3ccc(NC(=O)[C@@H]4CCCN4C(=O)C4CSC5CCC(=O)N54)cc3)o2)cc1)[C@@H]1CCCN1C(=O)C1CSC2CCC(=O)N21. The molecule has 286 valence electrons. The lowest BCUT2D eigenvalue weighted by molar-refractivity contribution is -0.144. The minimum absolute atomic E-state index is 0.0212. The van der Waals surface area contributed by atoms with Gasteiger partial charge in [-0.05, 0) is 87.1 Å². The van der Waals surface area contributed by atoms with Crippen LogP contribution < -0.4 is 10.6 Å². The summed E-state index contributed by atoms with van der Waals surface area (Å²) in [4.78, 5) is 89.8. The molecule has 2 aromatic carbocycles. The zero-order valence-corrected chi connectivity index (χ0v) is 31.7. The van der Waals surface area contributed by atoms with Gasteiger partial charge in [-0.15, -0.1) is 23.5 Å². The Bertz CT molecular complexity index is 1900. The largest absolute Gasteiger partial charge is 0.436 e. The second-order valence-corrected chi connectivity index (χ2v) is 17.3. The van der Waals surface area contributed by atoms with Gasteiger partial charge in [0.1, 0.15) is 24.2 Å². The van der Waals surface area contributed by atoms with Crippen LogP contribution in [0, 0.1) is 0 Å². The first kappa shape index (κ1) is 35.8. The molecule has 3 aromatic rings. The van der Waals surface area contributed by atoms with Crippen molar-refractivity contribution in [3.63, 3.8) is 0 Å². The second kappa shape index (κ2) is 14.7. The van der Waals surface area contributed by atoms with E-state index in [9.17, 15) is 28.8 Å². The van der Waals surface area contributed by atoms with E-state index in [0.29, 0.717) is 78.9 Å². The maximum Gasteiger partial charge on any atom is 0.247 e. The highest BCUT2D eigenvalue weighted by atomic mass is 32.2. The summed E-state index contributed by atoms with van der Waals surface area (Å²) >= 11 is 3.30. The van der Waals surface area contributed by atoms with Crippen LogP contribution >= 0.6 is 23.5 Å². The van der Waals surface area contributed by atoms with Crippen molar-refractivity contribution < 1.29 is 33.2 Å². The van der Waals surface area contributed by atoms with Crippen LogP contribution in [-0.2, 0) is 28.8 Å². The highest BCUT2D eigenvalue weighted by Gasteiger charge is 2.50. The molecular weight excluding hydrogens is 743 g/mol. The summed E-state index contributed by atoms with van der Waals surface area (Å²) in [6.07, 6.45) is 6.73. The number of amides is 6. The van der Waals surface area contributed by atoms with E-state index in [2.05, 4.69) is 15.6 Å². The van der Waals surface area contributed by atoms with E-state index in [1.54, 1.807) is 85.7 Å². The van der Waals surface area contributed by atoms with E-state index in [0.717, 1.165) is 31.2 Å². The molecule has 6 amide bonds. The molecule has 6 atom stereocenters. The molecule has 16 heteroatoms. The number of likely N-dealkylation sites (tertiary alicyclic amines) is 2. The number of thioether (sulfide) groups is 2. The van der Waals surface area contributed by atoms with E-state index < -0.39 is 24.2 Å². The van der Waals surface area contributed by atoms with Crippen LogP contribution in [0.5, 0.6) is 0 Å². The summed E-state index contributed by atoms with van der Waals surface area (Å²) in [6, 6.07) is 12.2. The average molecular weight is 784 g/mol. The Morgan fingerprint density at radius 2 is 1.11 bits per heavy atom. The third kappa shape index (κ3) is 6.66. The molecule has 7 heterocycles. The van der Waals surface area contributed by atoms with Gasteiger partial charge in [0.05, 0.1) is 16.9 Å². The summed E-state index contributed by atoms with van der Waals surface area (Å²) in [5.74, 6) is 1.35. The highest BCUT2D eigenvalue weighted by molar-refractivity contribution is 8.00. The highest BCUT2D eigenvalue weighted by Crippen LogP contribution is 2.40. The number of oxazole rings is 1. The third-order valence-corrected chi connectivity index (χ3v) is 14.3. The number of carbonyl (C=O) groups is 6. The van der Waals surface area contributed by atoms with E-state index in [1.807, 2.05) is 12.1 Å². The molecule has 6 fully saturated rings. The van der Waals surface area contributed by atoms with Crippen molar-refractivity contribution >= 4 is 70.3 Å². The van der Waals surface area contributed by atoms with Gasteiger partial charge in [0.2, 0.25) is 41.3 Å². The van der Waals surface area contributed by atoms with Gasteiger partial charge in [-0.25, -0.2) is 4.98 Å². The molecule has 4 unspecified atom stereocenters. The second-order valence-electron chi connectivity index (χ2n) is 14.8. The van der Waals surface area contributed by atoms with Crippen LogP contribution in [-0.4, -0.2) is 120 Å². The molecule has 0 bridgehead atoms. The number of benzene rings is 2. The van der Waals surface area contributed by atoms with E-state index in [4.69, 9.17) is 4.42 Å². The maximum absolute atomic E-state index is 13.5. The fourth-order valence-corrected chi connectivity index (χ4v) is 11.6. The van der Waals surface area contributed by atoms with Gasteiger partial charge in [-0.3, -0.25) is 28.8 Å². The van der Waals surface area contributed by atoms with Crippen LogP contribution in [0.1, 0.15) is 51.4 Å². The predicted molar refractivity (Wildman–Crippen MR) is 206 cm³/mol. The molecule has 14 nitrogen and oxygen atoms in total. The van der Waals surface area contributed by atoms with Gasteiger partial charge >= 0.3 is 0 Å². The first-order valence-electron chi connectivity index (χ1n) is 19.0. The molecule has 6 saturated heterocycles. The molecule has 0 spiro atoms. The van der Waals surface area contributed by atoms with Crippen molar-refractivity contribution in [3.05, 3.63) is 54.7 Å². The fraction of sp³-hybridized carbons (Fsp3) is 0.462. The normalized spacial score (nSPS) is 27.2. The van der Waals surface area contributed by atoms with Gasteiger partial charge < -0.3 is 34.7 Å². The number of carbonyl (C=O) groups excluding carboxylic acids is 6. The molecule has 0 aliphatic carbocycles. The lowest BCUT2D eigenvalue weighted by Crippen LogP contribution is -2.52. The third-order valence-electron chi connectivity index (χ3n) is 11.6. The number of aromatic nitrogens is 1. The topological polar surface area (TPSA) is 165 Å². The summed E-state index contributed by atoms with van der Waals surface area (Å²) in [7, 11) is 0. The van der Waals surface area contributed by atoms with Crippen LogP contribution in [0.3, 0.4) is 0 Å². The number of nitrogens with zero attached hydrogens (tertiary/aromatic N) is 5. The summed E-state index contributed by atoms with van der Waals surface area (Å²) in [5.41, 5.74) is 2.65. The smallest absolute Gasteiger partial charge is 0.247 e. The number of anilines is 2. The Hall–Kier alpha value is -4.83. The molecule has 1 aromatic heterocycles. The predicted octanol–water partition coefficient (Wildman–Crippen LogP) is 4.00. The Balaban J connectivity index is 0.793. The average Bonchev–Trinajstić information content (AvgIpc) is 4.05. The van der Waals surface area contributed by atoms with Crippen molar-refractivity contribution in [1.82, 2.24) is 24.6 Å². The van der Waals surface area contributed by atoms with Crippen molar-refractivity contribution in [1.29, 1.82) is 0 Å². The fourth-order valence-electron chi connectivity index (χ4n) is 8.77. The molecule has 2 N–H and O–H groups in total. The number of hydrogen-bond acceptors (Lipinski definition) is 10. The summed E-state index contributed by atoms with van der Waals surface area (Å²) in [6.45, 7) is 0.999. The lowest BCUT2D eigenvalue weighted by Gasteiger charge is -2.30. The number of hydrogen-bond donors (Lipinski definition) is 2. The van der Waals surface area contributed by atoms with Crippen molar-refractivity contribution in [3.8, 4) is 22.8 Å². The molecule has 6 aliphatic heterocycles. The first-order valence-corrected chi connectivity index (χ1v) is 21.1. The monoisotopic (exact) mass is 783 g/mol. The quantitative estimate of drug-likeness (QED) is 0.341. The van der Waals surface area contributed by atoms with Gasteiger partial charge in [0, 0.05) is 59.9 Å². The van der Waals surface area contributed by atoms with Crippen LogP contribution in [0.4, 0.5) is 11.4 Å². The summed E-state index contributed by atoms with van der Waals surface area (Å²) in [5, 5.41) is 6.05. The minimum Gasteiger partial charge on any atom is -0.436 e. The number of nitrogens with one attached hydrogen (secondary N) is 2. The van der Waals surface area contributed by atoms with Crippen LogP contribution in [0.2, 0.25) is 0 Å². The zero-order chi connectivity index (χ0) is 37.8. The standard InChI is InChI=1S/C39H41N7O7S2/c47-31-13-15-33-45(31)28(20-54-33)38(51)43-17-1-3-26(43)35(49)41-24-9-5-22(6-10-24)30-19-40-37(53-30)23-7-11-25(12-8-23)42-36(50)27-4-2-18-44(27)39(52)29-21-55-34-16-14-32(48)46(29)34/h5-12,19,26-29,33-34H,1-4,13-18,20-21H2,(H,41,49)(H,42,50)/t26-,27-,28?,29?,33?,34?/m0/s1. The molecule has 0 saturated carbocycles. The van der Waals surface area contributed by atoms with Crippen molar-refractivity contribution in [2.75, 3.05) is 35.2 Å². The molecule has 0 radical (unpaired) electrons. The van der Waals surface area contributed by atoms with Gasteiger partial charge in [0.15, 0.2) is 5.76 Å². The molecule has 9 rings (SSSR count). The maximum atomic E-state index is 13.5. The minimum atomic E-state index is -0.587. The zero-order valence-electron chi connectivity index (χ0n) is 30.1. The van der Waals surface area contributed by atoms with Crippen LogP contribution in [0.15, 0.2) is 59.1 Å². The molecule has 6 aliphatic rings. The van der Waals surface area contributed by atoms with E-state index in [1.165, 1.54) is 0 Å². The Morgan fingerprint density at radius 1 is 0.636 bits per heavy atom. The van der Waals surface area contributed by atoms with Gasteiger partial charge in [-0.1, -0.05) is 0 Å². The van der Waals surface area contributed by atoms with E-state index in [-0.39, 0.29) is 46.2 Å². The van der Waals surface area contributed by atoms with Gasteiger partial charge in [0.25, 0.3) is 0 Å². The van der Waals surface area contributed by atoms with Crippen molar-refractivity contribution in [2.45, 2.75) is 86.3 Å². The summed E-state index contributed by atoms with van der Waals surface area (Å²) < 4.78 is 6.08. The molecule has 55 heavy (non-hydrogen) atoms. The van der Waals surface area contributed by atoms with E-state index >= 15 is 0 Å². The Kier molecular flexibility index (Phi) is 9.57. The van der Waals surface area contributed by atoms with Crippen molar-refractivity contribution in [2.24, 2.45) is 0 Å². The first-order chi connectivity index (χ1) is 26.7. The Morgan fingerprint density at radius 3 is 1.60 bits per heavy atom. The van der Waals surface area contributed by atoms with Crippen LogP contribution in [0.25, 0.3) is 22.8 Å². The Labute approximate surface area is 326 Å². The van der Waals surface area contributed by atoms with Gasteiger partial charge in [-0.2, -0.15) is 0 Å². The number of fused-ring (bicyclic) bond motifs is 2. The lowest BCUT2D eigenvalue weighted by atomic mass is 10.1. The molecular formula is C39H41N7O7S2.